The molecule has 1 atom stereocenters. The van der Waals surface area contributed by atoms with E-state index in [1.54, 1.807) is 17.0 Å². The molecule has 9 nitrogen and oxygen atoms in total. The summed E-state index contributed by atoms with van der Waals surface area (Å²) in [7, 11) is 0. The lowest BCUT2D eigenvalue weighted by Gasteiger charge is -2.21. The number of rotatable bonds is 6. The Kier molecular flexibility index (Phi) is 9.11. The topological polar surface area (TPSA) is 139 Å². The molecule has 15 heteroatoms. The Bertz CT molecular complexity index is 1600. The summed E-state index contributed by atoms with van der Waals surface area (Å²) < 4.78 is 82.5. The number of nitrogens with zero attached hydrogens (tertiary/aromatic N) is 3. The van der Waals surface area contributed by atoms with Gasteiger partial charge >= 0.3 is 18.3 Å². The van der Waals surface area contributed by atoms with Gasteiger partial charge in [0, 0.05) is 18.5 Å². The van der Waals surface area contributed by atoms with Gasteiger partial charge in [-0.05, 0) is 53.4 Å². The number of likely N-dealkylation sites (tertiary alicyclic amines) is 1. The van der Waals surface area contributed by atoms with Crippen molar-refractivity contribution in [2.75, 3.05) is 13.2 Å². The van der Waals surface area contributed by atoms with Crippen LogP contribution in [-0.2, 0) is 17.4 Å². The predicted molar refractivity (Wildman–Crippen MR) is 142 cm³/mol. The van der Waals surface area contributed by atoms with E-state index in [1.807, 2.05) is 30.3 Å². The van der Waals surface area contributed by atoms with Crippen LogP contribution in [0.3, 0.4) is 0 Å². The summed E-state index contributed by atoms with van der Waals surface area (Å²) in [6.45, 7) is 0.813. The number of ether oxygens (including phenoxy) is 1. The number of carbonyl (C=O) groups is 1. The third-order valence-electron chi connectivity index (χ3n) is 6.56. The van der Waals surface area contributed by atoms with Crippen LogP contribution in [0.2, 0.25) is 0 Å². The monoisotopic (exact) mass is 609 g/mol. The second kappa shape index (κ2) is 12.6. The molecule has 0 unspecified atom stereocenters. The lowest BCUT2D eigenvalue weighted by Crippen LogP contribution is -2.35. The lowest BCUT2D eigenvalue weighted by atomic mass is 10.0. The molecule has 1 aliphatic heterocycles. The third-order valence-corrected chi connectivity index (χ3v) is 6.56. The Hall–Kier alpha value is -4.82. The molecule has 2 heterocycles. The molecule has 1 aliphatic rings. The summed E-state index contributed by atoms with van der Waals surface area (Å²) in [5.74, 6) is -1.30. The standard InChI is InChI=1S/C26H24F3N5O2.C2HF3O2/c27-26(28,29)21-5-2-1-4-16(21)11-13-35-20-10-9-17-14-19(8-7-18(17)15-20)23-32-24(36-33-23)22-6-3-12-34(22)25(30)31;3-2(4,5)1(6)7/h1-2,4-5,7-10,14-15,22H,3,6,11-13H2,(H3,30,31);(H,6,7)/t22-;/m0./s1. The van der Waals surface area contributed by atoms with E-state index in [-0.39, 0.29) is 30.6 Å². The van der Waals surface area contributed by atoms with Crippen LogP contribution in [-0.4, -0.2) is 51.4 Å². The van der Waals surface area contributed by atoms with Crippen LogP contribution in [0.15, 0.2) is 65.2 Å². The molecule has 4 aromatic rings. The van der Waals surface area contributed by atoms with Gasteiger partial charge in [0.1, 0.15) is 11.8 Å². The number of fused-ring (bicyclic) bond motifs is 1. The van der Waals surface area contributed by atoms with E-state index in [0.29, 0.717) is 24.0 Å². The minimum absolute atomic E-state index is 0.00876. The van der Waals surface area contributed by atoms with Gasteiger partial charge in [0.15, 0.2) is 5.96 Å². The van der Waals surface area contributed by atoms with Crippen molar-refractivity contribution < 1.29 is 45.5 Å². The maximum atomic E-state index is 13.2. The van der Waals surface area contributed by atoms with Crippen molar-refractivity contribution in [3.63, 3.8) is 0 Å². The number of aromatic nitrogens is 2. The molecule has 1 fully saturated rings. The van der Waals surface area contributed by atoms with E-state index in [1.165, 1.54) is 12.1 Å². The maximum absolute atomic E-state index is 13.2. The normalized spacial score (nSPS) is 15.2. The molecule has 228 valence electrons. The van der Waals surface area contributed by atoms with Gasteiger partial charge in [-0.3, -0.25) is 5.41 Å². The zero-order valence-electron chi connectivity index (χ0n) is 22.2. The van der Waals surface area contributed by atoms with E-state index in [2.05, 4.69) is 10.1 Å². The first-order valence-corrected chi connectivity index (χ1v) is 12.8. The molecule has 0 aliphatic carbocycles. The number of hydrogen-bond donors (Lipinski definition) is 3. The minimum atomic E-state index is -5.08. The fraction of sp³-hybridized carbons (Fsp3) is 0.286. The molecule has 5 rings (SSSR count). The Morgan fingerprint density at radius 1 is 1.07 bits per heavy atom. The second-order valence-electron chi connectivity index (χ2n) is 9.47. The molecule has 3 aromatic carbocycles. The molecule has 0 amide bonds. The first kappa shape index (κ1) is 31.1. The molecule has 0 saturated carbocycles. The highest BCUT2D eigenvalue weighted by molar-refractivity contribution is 5.87. The number of nitrogens with two attached hydrogens (primary N) is 1. The fourth-order valence-electron chi connectivity index (χ4n) is 4.55. The summed E-state index contributed by atoms with van der Waals surface area (Å²) in [5.41, 5.74) is 6.02. The molecular formula is C28H25F6N5O4. The van der Waals surface area contributed by atoms with Crippen molar-refractivity contribution in [3.05, 3.63) is 77.7 Å². The van der Waals surface area contributed by atoms with Gasteiger partial charge in [-0.15, -0.1) is 0 Å². The number of carboxylic acid groups (broad SMARTS) is 1. The SMILES string of the molecule is N=C(N)N1CCC[C@H]1c1nc(-c2ccc3cc(OCCc4ccccc4C(F)(F)F)ccc3c2)no1.O=C(O)C(F)(F)F. The molecule has 1 aromatic heterocycles. The highest BCUT2D eigenvalue weighted by atomic mass is 19.4. The average molecular weight is 610 g/mol. The number of aliphatic carboxylic acids is 1. The summed E-state index contributed by atoms with van der Waals surface area (Å²) in [4.78, 5) is 15.2. The smallest absolute Gasteiger partial charge is 0.490 e. The number of nitrogens with one attached hydrogen (secondary N) is 1. The van der Waals surface area contributed by atoms with Gasteiger partial charge in [0.25, 0.3) is 0 Å². The summed E-state index contributed by atoms with van der Waals surface area (Å²) in [6, 6.07) is 16.6. The van der Waals surface area contributed by atoms with E-state index < -0.39 is 23.9 Å². The van der Waals surface area contributed by atoms with E-state index in [9.17, 15) is 26.3 Å². The maximum Gasteiger partial charge on any atom is 0.490 e. The Labute approximate surface area is 240 Å². The van der Waals surface area contributed by atoms with Gasteiger partial charge in [0.2, 0.25) is 11.7 Å². The highest BCUT2D eigenvalue weighted by Crippen LogP contribution is 2.33. The molecule has 1 saturated heterocycles. The van der Waals surface area contributed by atoms with Crippen LogP contribution in [0, 0.1) is 5.41 Å². The number of carboxylic acids is 1. The Morgan fingerprint density at radius 3 is 2.42 bits per heavy atom. The van der Waals surface area contributed by atoms with Crippen molar-refractivity contribution in [1.82, 2.24) is 15.0 Å². The molecular weight excluding hydrogens is 584 g/mol. The molecule has 43 heavy (non-hydrogen) atoms. The largest absolute Gasteiger partial charge is 0.493 e. The van der Waals surface area contributed by atoms with Gasteiger partial charge in [-0.2, -0.15) is 31.3 Å². The number of alkyl halides is 6. The van der Waals surface area contributed by atoms with Gasteiger partial charge in [0.05, 0.1) is 12.2 Å². The van der Waals surface area contributed by atoms with Crippen LogP contribution in [0.25, 0.3) is 22.2 Å². The molecule has 4 N–H and O–H groups in total. The first-order valence-electron chi connectivity index (χ1n) is 12.8. The molecule has 0 bridgehead atoms. The van der Waals surface area contributed by atoms with E-state index >= 15 is 0 Å². The predicted octanol–water partition coefficient (Wildman–Crippen LogP) is 6.19. The number of benzene rings is 3. The minimum Gasteiger partial charge on any atom is -0.493 e. The van der Waals surface area contributed by atoms with Crippen molar-refractivity contribution in [1.29, 1.82) is 5.41 Å². The first-order chi connectivity index (χ1) is 20.2. The summed E-state index contributed by atoms with van der Waals surface area (Å²) in [6.07, 6.45) is -7.63. The molecule has 0 spiro atoms. The van der Waals surface area contributed by atoms with E-state index in [4.69, 9.17) is 30.3 Å². The fourth-order valence-corrected chi connectivity index (χ4v) is 4.55. The summed E-state index contributed by atoms with van der Waals surface area (Å²) >= 11 is 0. The van der Waals surface area contributed by atoms with Crippen molar-refractivity contribution in [2.24, 2.45) is 5.73 Å². The number of hydrogen-bond acceptors (Lipinski definition) is 6. The zero-order chi connectivity index (χ0) is 31.4. The zero-order valence-corrected chi connectivity index (χ0v) is 22.2. The van der Waals surface area contributed by atoms with Crippen molar-refractivity contribution >= 4 is 22.7 Å². The summed E-state index contributed by atoms with van der Waals surface area (Å²) in [5, 5.41) is 20.8. The van der Waals surface area contributed by atoms with Crippen LogP contribution >= 0.6 is 0 Å². The van der Waals surface area contributed by atoms with Crippen molar-refractivity contribution in [3.8, 4) is 17.1 Å². The van der Waals surface area contributed by atoms with Gasteiger partial charge < -0.3 is 25.0 Å². The number of halogens is 6. The second-order valence-corrected chi connectivity index (χ2v) is 9.47. The lowest BCUT2D eigenvalue weighted by molar-refractivity contribution is -0.192. The quantitative estimate of drug-likeness (QED) is 0.134. The van der Waals surface area contributed by atoms with Crippen LogP contribution in [0.4, 0.5) is 26.3 Å². The van der Waals surface area contributed by atoms with E-state index in [0.717, 1.165) is 35.2 Å². The Balaban J connectivity index is 0.000000541. The van der Waals surface area contributed by atoms with Crippen LogP contribution in [0.1, 0.15) is 35.9 Å². The number of guanidine groups is 1. The Morgan fingerprint density at radius 2 is 1.74 bits per heavy atom. The van der Waals surface area contributed by atoms with Crippen molar-refractivity contribution in [2.45, 2.75) is 37.7 Å². The third kappa shape index (κ3) is 7.72. The van der Waals surface area contributed by atoms with Crippen LogP contribution in [0.5, 0.6) is 5.75 Å². The molecule has 0 radical (unpaired) electrons. The van der Waals surface area contributed by atoms with Crippen LogP contribution < -0.4 is 10.5 Å². The van der Waals surface area contributed by atoms with Gasteiger partial charge in [-0.1, -0.05) is 41.6 Å². The highest BCUT2D eigenvalue weighted by Gasteiger charge is 2.38. The van der Waals surface area contributed by atoms with Gasteiger partial charge in [-0.25, -0.2) is 4.79 Å². The average Bonchev–Trinajstić information content (AvgIpc) is 3.63.